The Hall–Kier alpha value is -0.830. The fraction of sp³-hybridized carbons (Fsp3) is 0.417. The molecule has 0 spiro atoms. The summed E-state index contributed by atoms with van der Waals surface area (Å²) in [6.07, 6.45) is 2.65. The Balaban J connectivity index is 2.75. The Morgan fingerprint density at radius 3 is 2.80 bits per heavy atom. The number of fused-ring (bicyclic) bond motifs is 1. The van der Waals surface area contributed by atoms with Crippen LogP contribution in [0, 0.1) is 0 Å². The van der Waals surface area contributed by atoms with Crippen molar-refractivity contribution in [3.05, 3.63) is 27.2 Å². The van der Waals surface area contributed by atoms with Crippen LogP contribution in [0.3, 0.4) is 0 Å². The molecule has 0 bridgehead atoms. The number of carbonyl (C=O) groups excluding carboxylic acids is 1. The fourth-order valence-electron chi connectivity index (χ4n) is 2.27. The van der Waals surface area contributed by atoms with Gasteiger partial charge in [0.15, 0.2) is 6.29 Å². The maximum Gasteiger partial charge on any atom is 0.154 e. The molecule has 2 nitrogen and oxygen atoms in total. The van der Waals surface area contributed by atoms with Gasteiger partial charge in [-0.05, 0) is 51.4 Å². The monoisotopic (exact) mass is 268 g/mol. The molecular weight excluding hydrogens is 256 g/mol. The third-order valence-electron chi connectivity index (χ3n) is 3.25. The minimum Gasteiger partial charge on any atom is -0.506 e. The predicted molar refractivity (Wildman–Crippen MR) is 62.5 cm³/mol. The summed E-state index contributed by atoms with van der Waals surface area (Å²) in [5.41, 5.74) is 2.73. The maximum atomic E-state index is 11.0. The largest absolute Gasteiger partial charge is 0.506 e. The number of phenols is 1. The van der Waals surface area contributed by atoms with E-state index in [1.54, 1.807) is 0 Å². The topological polar surface area (TPSA) is 37.3 Å². The summed E-state index contributed by atoms with van der Waals surface area (Å²) in [6, 6.07) is 1.94. The standard InChI is InChI=1S/C12H13BrO2/c1-12(2)4-3-7-8(6-14)11(15)10(13)5-9(7)12/h5-6,15H,3-4H2,1-2H3. The highest BCUT2D eigenvalue weighted by atomic mass is 79.9. The van der Waals surface area contributed by atoms with Crippen molar-refractivity contribution < 1.29 is 9.90 Å². The van der Waals surface area contributed by atoms with Crippen LogP contribution in [0.4, 0.5) is 0 Å². The Morgan fingerprint density at radius 1 is 1.53 bits per heavy atom. The van der Waals surface area contributed by atoms with Gasteiger partial charge in [0.1, 0.15) is 5.75 Å². The molecule has 0 aliphatic heterocycles. The lowest BCUT2D eigenvalue weighted by Gasteiger charge is -2.19. The minimum absolute atomic E-state index is 0.0708. The van der Waals surface area contributed by atoms with Gasteiger partial charge in [0.25, 0.3) is 0 Å². The summed E-state index contributed by atoms with van der Waals surface area (Å²) in [5.74, 6) is 0.0708. The molecular formula is C12H13BrO2. The van der Waals surface area contributed by atoms with Crippen LogP contribution in [0.1, 0.15) is 41.8 Å². The van der Waals surface area contributed by atoms with Gasteiger partial charge in [-0.15, -0.1) is 0 Å². The highest BCUT2D eigenvalue weighted by molar-refractivity contribution is 9.10. The van der Waals surface area contributed by atoms with Crippen molar-refractivity contribution in [3.63, 3.8) is 0 Å². The number of hydrogen-bond acceptors (Lipinski definition) is 2. The lowest BCUT2D eigenvalue weighted by atomic mass is 9.86. The third-order valence-corrected chi connectivity index (χ3v) is 3.85. The smallest absolute Gasteiger partial charge is 0.154 e. The summed E-state index contributed by atoms with van der Waals surface area (Å²) in [6.45, 7) is 4.33. The van der Waals surface area contributed by atoms with Gasteiger partial charge in [0.2, 0.25) is 0 Å². The van der Waals surface area contributed by atoms with E-state index in [0.29, 0.717) is 10.0 Å². The number of halogens is 1. The average Bonchev–Trinajstić information content (AvgIpc) is 2.45. The Morgan fingerprint density at radius 2 is 2.20 bits per heavy atom. The van der Waals surface area contributed by atoms with E-state index in [-0.39, 0.29) is 11.2 Å². The van der Waals surface area contributed by atoms with Crippen molar-refractivity contribution >= 4 is 22.2 Å². The summed E-state index contributed by atoms with van der Waals surface area (Å²) in [5, 5.41) is 9.75. The number of benzene rings is 1. The van der Waals surface area contributed by atoms with E-state index in [1.807, 2.05) is 6.07 Å². The highest BCUT2D eigenvalue weighted by Gasteiger charge is 2.33. The molecule has 0 aromatic heterocycles. The van der Waals surface area contributed by atoms with Gasteiger partial charge in [0, 0.05) is 0 Å². The van der Waals surface area contributed by atoms with Crippen molar-refractivity contribution in [2.45, 2.75) is 32.1 Å². The van der Waals surface area contributed by atoms with Gasteiger partial charge >= 0.3 is 0 Å². The van der Waals surface area contributed by atoms with E-state index in [9.17, 15) is 9.90 Å². The highest BCUT2D eigenvalue weighted by Crippen LogP contribution is 2.44. The summed E-state index contributed by atoms with van der Waals surface area (Å²) < 4.78 is 0.610. The molecule has 0 radical (unpaired) electrons. The Labute approximate surface area is 97.4 Å². The number of aromatic hydroxyl groups is 1. The zero-order chi connectivity index (χ0) is 11.2. The number of hydrogen-bond donors (Lipinski definition) is 1. The first kappa shape index (κ1) is 10.7. The number of phenolic OH excluding ortho intramolecular Hbond substituents is 1. The summed E-state index contributed by atoms with van der Waals surface area (Å²) in [4.78, 5) is 11.0. The van der Waals surface area contributed by atoms with Gasteiger partial charge < -0.3 is 5.11 Å². The van der Waals surface area contributed by atoms with Crippen molar-refractivity contribution in [1.29, 1.82) is 0 Å². The van der Waals surface area contributed by atoms with Crippen molar-refractivity contribution in [3.8, 4) is 5.75 Å². The number of rotatable bonds is 1. The fourth-order valence-corrected chi connectivity index (χ4v) is 2.71. The molecule has 1 aliphatic rings. The molecule has 0 saturated carbocycles. The SMILES string of the molecule is CC1(C)CCc2c1cc(Br)c(O)c2C=O. The molecule has 0 amide bonds. The van der Waals surface area contributed by atoms with Crippen molar-refractivity contribution in [2.24, 2.45) is 0 Å². The first-order valence-electron chi connectivity index (χ1n) is 4.97. The van der Waals surface area contributed by atoms with Crippen LogP contribution in [-0.2, 0) is 11.8 Å². The van der Waals surface area contributed by atoms with E-state index in [4.69, 9.17) is 0 Å². The molecule has 0 unspecified atom stereocenters. The van der Waals surface area contributed by atoms with Crippen LogP contribution < -0.4 is 0 Å². The molecule has 1 aromatic rings. The number of aldehydes is 1. The molecule has 0 fully saturated rings. The second kappa shape index (κ2) is 3.34. The quantitative estimate of drug-likeness (QED) is 0.795. The zero-order valence-electron chi connectivity index (χ0n) is 8.80. The first-order valence-corrected chi connectivity index (χ1v) is 5.76. The van der Waals surface area contributed by atoms with Gasteiger partial charge in [-0.25, -0.2) is 0 Å². The van der Waals surface area contributed by atoms with Gasteiger partial charge in [-0.1, -0.05) is 13.8 Å². The minimum atomic E-state index is 0.0708. The molecule has 1 N–H and O–H groups in total. The molecule has 0 saturated heterocycles. The van der Waals surface area contributed by atoms with Crippen LogP contribution in [0.5, 0.6) is 5.75 Å². The van der Waals surface area contributed by atoms with E-state index in [0.717, 1.165) is 24.7 Å². The van der Waals surface area contributed by atoms with E-state index in [2.05, 4.69) is 29.8 Å². The Kier molecular flexibility index (Phi) is 2.38. The summed E-state index contributed by atoms with van der Waals surface area (Å²) in [7, 11) is 0. The molecule has 15 heavy (non-hydrogen) atoms. The van der Waals surface area contributed by atoms with Crippen LogP contribution >= 0.6 is 15.9 Å². The second-order valence-electron chi connectivity index (χ2n) is 4.65. The lowest BCUT2D eigenvalue weighted by molar-refractivity contribution is 0.112. The van der Waals surface area contributed by atoms with Gasteiger partial charge in [0.05, 0.1) is 10.0 Å². The van der Waals surface area contributed by atoms with Gasteiger partial charge in [-0.3, -0.25) is 4.79 Å². The summed E-state index contributed by atoms with van der Waals surface area (Å²) >= 11 is 3.28. The second-order valence-corrected chi connectivity index (χ2v) is 5.50. The van der Waals surface area contributed by atoms with Gasteiger partial charge in [-0.2, -0.15) is 0 Å². The lowest BCUT2D eigenvalue weighted by Crippen LogP contribution is -2.12. The molecule has 1 aliphatic carbocycles. The first-order chi connectivity index (χ1) is 6.97. The normalized spacial score (nSPS) is 17.5. The van der Waals surface area contributed by atoms with E-state index in [1.165, 1.54) is 5.56 Å². The third kappa shape index (κ3) is 1.49. The van der Waals surface area contributed by atoms with Crippen molar-refractivity contribution in [2.75, 3.05) is 0 Å². The number of carbonyl (C=O) groups is 1. The molecule has 3 heteroatoms. The molecule has 80 valence electrons. The van der Waals surface area contributed by atoms with Crippen LogP contribution in [0.15, 0.2) is 10.5 Å². The van der Waals surface area contributed by atoms with Crippen LogP contribution in [-0.4, -0.2) is 11.4 Å². The van der Waals surface area contributed by atoms with E-state index >= 15 is 0 Å². The average molecular weight is 269 g/mol. The molecule has 0 atom stereocenters. The zero-order valence-corrected chi connectivity index (χ0v) is 10.4. The molecule has 2 rings (SSSR count). The molecule has 1 aromatic carbocycles. The molecule has 0 heterocycles. The van der Waals surface area contributed by atoms with Crippen LogP contribution in [0.2, 0.25) is 0 Å². The van der Waals surface area contributed by atoms with Crippen molar-refractivity contribution in [1.82, 2.24) is 0 Å². The van der Waals surface area contributed by atoms with E-state index < -0.39 is 0 Å². The van der Waals surface area contributed by atoms with Crippen LogP contribution in [0.25, 0.3) is 0 Å². The Bertz CT molecular complexity index is 436. The predicted octanol–water partition coefficient (Wildman–Crippen LogP) is 3.19. The maximum absolute atomic E-state index is 11.0.